The molecule has 0 saturated heterocycles. The van der Waals surface area contributed by atoms with E-state index in [1.165, 1.54) is 36.2 Å². The van der Waals surface area contributed by atoms with Crippen molar-refractivity contribution in [2.24, 2.45) is 10.9 Å². The second-order valence-corrected chi connectivity index (χ2v) is 7.46. The SMILES string of the molecule is C=C(C(C)C)N(C(C)=NC)c1ccc(F)c(-c2cccc3[nH]c(C(F)(F)F)cc23)c1F. The highest BCUT2D eigenvalue weighted by Crippen LogP contribution is 2.40. The lowest BCUT2D eigenvalue weighted by Crippen LogP contribution is -2.30. The van der Waals surface area contributed by atoms with E-state index >= 15 is 4.39 Å². The fraction of sp³-hybridized carbons (Fsp3) is 0.261. The lowest BCUT2D eigenvalue weighted by atomic mass is 9.98. The topological polar surface area (TPSA) is 31.4 Å². The molecule has 0 unspecified atom stereocenters. The van der Waals surface area contributed by atoms with Crippen LogP contribution >= 0.6 is 0 Å². The van der Waals surface area contributed by atoms with Gasteiger partial charge in [-0.25, -0.2) is 8.78 Å². The third-order valence-electron chi connectivity index (χ3n) is 5.15. The molecule has 0 saturated carbocycles. The molecule has 3 rings (SSSR count). The molecule has 0 aliphatic rings. The van der Waals surface area contributed by atoms with E-state index in [0.29, 0.717) is 11.5 Å². The first-order valence-electron chi connectivity index (χ1n) is 9.57. The average molecular weight is 435 g/mol. The van der Waals surface area contributed by atoms with Gasteiger partial charge < -0.3 is 9.88 Å². The molecule has 0 aliphatic carbocycles. The Morgan fingerprint density at radius 1 is 1.13 bits per heavy atom. The number of amidine groups is 1. The van der Waals surface area contributed by atoms with Crippen molar-refractivity contribution in [2.45, 2.75) is 26.9 Å². The molecule has 0 amide bonds. The van der Waals surface area contributed by atoms with Crippen LogP contribution in [0.25, 0.3) is 22.0 Å². The van der Waals surface area contributed by atoms with Crippen molar-refractivity contribution < 1.29 is 22.0 Å². The molecular formula is C23H22F5N3. The number of anilines is 1. The molecular weight excluding hydrogens is 413 g/mol. The average Bonchev–Trinajstić information content (AvgIpc) is 3.15. The fourth-order valence-electron chi connectivity index (χ4n) is 3.38. The number of rotatable bonds is 4. The third-order valence-corrected chi connectivity index (χ3v) is 5.15. The minimum absolute atomic E-state index is 0.0155. The molecule has 3 nitrogen and oxygen atoms in total. The first-order chi connectivity index (χ1) is 14.5. The third kappa shape index (κ3) is 4.06. The summed E-state index contributed by atoms with van der Waals surface area (Å²) < 4.78 is 70.1. The molecule has 1 N–H and O–H groups in total. The zero-order chi connectivity index (χ0) is 23.1. The molecule has 0 radical (unpaired) electrons. The van der Waals surface area contributed by atoms with Crippen molar-refractivity contribution >= 4 is 22.4 Å². The van der Waals surface area contributed by atoms with Gasteiger partial charge in [0.2, 0.25) is 0 Å². The van der Waals surface area contributed by atoms with Gasteiger partial charge in [0.15, 0.2) is 5.82 Å². The standard InChI is InChI=1S/C23H22F5N3/c1-12(2)13(3)31(14(4)29-5)19-10-9-17(24)21(22(19)25)15-7-6-8-18-16(15)11-20(30-18)23(26,27)28/h6-12,30H,3H2,1-2,4-5H3. The van der Waals surface area contributed by atoms with E-state index in [2.05, 4.69) is 16.6 Å². The highest BCUT2D eigenvalue weighted by molar-refractivity contribution is 6.01. The second-order valence-electron chi connectivity index (χ2n) is 7.46. The number of aromatic amines is 1. The summed E-state index contributed by atoms with van der Waals surface area (Å²) >= 11 is 0. The Morgan fingerprint density at radius 2 is 1.81 bits per heavy atom. The molecule has 0 aliphatic heterocycles. The largest absolute Gasteiger partial charge is 0.431 e. The van der Waals surface area contributed by atoms with E-state index in [1.54, 1.807) is 6.92 Å². The van der Waals surface area contributed by atoms with Crippen LogP contribution in [0.1, 0.15) is 26.5 Å². The first kappa shape index (κ1) is 22.5. The molecule has 2 aromatic carbocycles. The number of hydrogen-bond donors (Lipinski definition) is 1. The van der Waals surface area contributed by atoms with Gasteiger partial charge in [0, 0.05) is 23.6 Å². The van der Waals surface area contributed by atoms with E-state index < -0.39 is 29.1 Å². The van der Waals surface area contributed by atoms with Gasteiger partial charge in [0.25, 0.3) is 0 Å². The van der Waals surface area contributed by atoms with Gasteiger partial charge in [-0.15, -0.1) is 0 Å². The summed E-state index contributed by atoms with van der Waals surface area (Å²) in [6.07, 6.45) is -4.62. The van der Waals surface area contributed by atoms with Crippen LogP contribution in [0.2, 0.25) is 0 Å². The molecule has 8 heteroatoms. The van der Waals surface area contributed by atoms with Crippen molar-refractivity contribution in [3.05, 3.63) is 66.0 Å². The van der Waals surface area contributed by atoms with Crippen LogP contribution in [0.5, 0.6) is 0 Å². The van der Waals surface area contributed by atoms with E-state index in [4.69, 9.17) is 0 Å². The number of allylic oxidation sites excluding steroid dienone is 1. The van der Waals surface area contributed by atoms with Gasteiger partial charge in [-0.3, -0.25) is 4.99 Å². The number of H-pyrrole nitrogens is 1. The Hall–Kier alpha value is -3.16. The summed E-state index contributed by atoms with van der Waals surface area (Å²) in [6, 6.07) is 7.49. The molecule has 0 spiro atoms. The number of alkyl halides is 3. The van der Waals surface area contributed by atoms with Gasteiger partial charge in [0.05, 0.1) is 11.3 Å². The number of aliphatic imine (C=N–C) groups is 1. The summed E-state index contributed by atoms with van der Waals surface area (Å²) in [5, 5.41) is 0.0693. The van der Waals surface area contributed by atoms with E-state index in [1.807, 2.05) is 13.8 Å². The van der Waals surface area contributed by atoms with Crippen LogP contribution in [-0.2, 0) is 6.18 Å². The zero-order valence-electron chi connectivity index (χ0n) is 17.5. The summed E-state index contributed by atoms with van der Waals surface area (Å²) in [6.45, 7) is 9.42. The number of nitrogens with one attached hydrogen (secondary N) is 1. The Labute approximate surface area is 176 Å². The lowest BCUT2D eigenvalue weighted by Gasteiger charge is -2.29. The van der Waals surface area contributed by atoms with Crippen LogP contribution in [-0.4, -0.2) is 17.9 Å². The van der Waals surface area contributed by atoms with Crippen LogP contribution < -0.4 is 4.90 Å². The minimum Gasteiger partial charge on any atom is -0.351 e. The number of aromatic nitrogens is 1. The maximum absolute atomic E-state index is 15.7. The zero-order valence-corrected chi connectivity index (χ0v) is 17.5. The Kier molecular flexibility index (Phi) is 5.93. The normalized spacial score (nSPS) is 12.6. The summed E-state index contributed by atoms with van der Waals surface area (Å²) in [5.41, 5.74) is -0.705. The summed E-state index contributed by atoms with van der Waals surface area (Å²) in [7, 11) is 1.54. The summed E-state index contributed by atoms with van der Waals surface area (Å²) in [5.74, 6) is -1.42. The van der Waals surface area contributed by atoms with Gasteiger partial charge in [0.1, 0.15) is 17.3 Å². The molecule has 1 heterocycles. The van der Waals surface area contributed by atoms with Crippen molar-refractivity contribution in [1.29, 1.82) is 0 Å². The van der Waals surface area contributed by atoms with Crippen LogP contribution in [0.3, 0.4) is 0 Å². The molecule has 3 aromatic rings. The van der Waals surface area contributed by atoms with Crippen molar-refractivity contribution in [3.63, 3.8) is 0 Å². The van der Waals surface area contributed by atoms with Gasteiger partial charge in [-0.1, -0.05) is 32.6 Å². The highest BCUT2D eigenvalue weighted by Gasteiger charge is 2.33. The number of fused-ring (bicyclic) bond motifs is 1. The number of benzene rings is 2. The minimum atomic E-state index is -4.62. The molecule has 0 fully saturated rings. The summed E-state index contributed by atoms with van der Waals surface area (Å²) in [4.78, 5) is 7.86. The molecule has 164 valence electrons. The quantitative estimate of drug-likeness (QED) is 0.263. The molecule has 0 atom stereocenters. The number of halogens is 5. The van der Waals surface area contributed by atoms with Crippen LogP contribution in [0.15, 0.2) is 53.7 Å². The van der Waals surface area contributed by atoms with Crippen LogP contribution in [0.4, 0.5) is 27.6 Å². The van der Waals surface area contributed by atoms with Gasteiger partial charge >= 0.3 is 6.18 Å². The number of hydrogen-bond acceptors (Lipinski definition) is 1. The smallest absolute Gasteiger partial charge is 0.351 e. The molecule has 0 bridgehead atoms. The maximum atomic E-state index is 15.7. The van der Waals surface area contributed by atoms with E-state index in [9.17, 15) is 17.6 Å². The van der Waals surface area contributed by atoms with E-state index in [0.717, 1.165) is 12.1 Å². The maximum Gasteiger partial charge on any atom is 0.431 e. The van der Waals surface area contributed by atoms with E-state index in [-0.39, 0.29) is 28.1 Å². The van der Waals surface area contributed by atoms with Gasteiger partial charge in [-0.05, 0) is 42.7 Å². The second kappa shape index (κ2) is 8.17. The fourth-order valence-corrected chi connectivity index (χ4v) is 3.38. The predicted octanol–water partition coefficient (Wildman–Crippen LogP) is 7.16. The predicted molar refractivity (Wildman–Crippen MR) is 114 cm³/mol. The monoisotopic (exact) mass is 435 g/mol. The lowest BCUT2D eigenvalue weighted by molar-refractivity contribution is -0.140. The van der Waals surface area contributed by atoms with Crippen molar-refractivity contribution in [1.82, 2.24) is 4.98 Å². The first-order valence-corrected chi connectivity index (χ1v) is 9.57. The Morgan fingerprint density at radius 3 is 2.39 bits per heavy atom. The van der Waals surface area contributed by atoms with Crippen molar-refractivity contribution in [2.75, 3.05) is 11.9 Å². The molecule has 1 aromatic heterocycles. The molecule has 31 heavy (non-hydrogen) atoms. The highest BCUT2D eigenvalue weighted by atomic mass is 19.4. The van der Waals surface area contributed by atoms with Crippen LogP contribution in [0, 0.1) is 17.6 Å². The van der Waals surface area contributed by atoms with Crippen molar-refractivity contribution in [3.8, 4) is 11.1 Å². The Bertz CT molecular complexity index is 1170. The van der Waals surface area contributed by atoms with Gasteiger partial charge in [-0.2, -0.15) is 13.2 Å². The Balaban J connectivity index is 2.29. The number of nitrogens with zero attached hydrogens (tertiary/aromatic N) is 2.